The number of amides is 2. The Hall–Kier alpha value is -2.74. The third-order valence-electron chi connectivity index (χ3n) is 2.96. The molecule has 1 aromatic heterocycles. The number of carbonyl (C=O) groups excluding carboxylic acids is 2. The average Bonchev–Trinajstić information content (AvgIpc) is 3.03. The molecule has 122 valence electrons. The molecule has 0 aliphatic carbocycles. The maximum Gasteiger partial charge on any atom is 0.254 e. The van der Waals surface area contributed by atoms with E-state index in [9.17, 15) is 14.0 Å². The summed E-state index contributed by atoms with van der Waals surface area (Å²) in [6.45, 7) is 0.224. The highest BCUT2D eigenvalue weighted by atomic mass is 19.1. The molecule has 0 radical (unpaired) electrons. The minimum Gasteiger partial charge on any atom is -0.383 e. The summed E-state index contributed by atoms with van der Waals surface area (Å²) in [5, 5.41) is 6.05. The van der Waals surface area contributed by atoms with E-state index >= 15 is 0 Å². The molecule has 1 heterocycles. The molecular weight excluding hydrogens is 305 g/mol. The minimum atomic E-state index is -0.519. The number of halogens is 1. The quantitative estimate of drug-likeness (QED) is 0.836. The summed E-state index contributed by atoms with van der Waals surface area (Å²) in [4.78, 5) is 25.7. The van der Waals surface area contributed by atoms with Gasteiger partial charge in [0.25, 0.3) is 5.91 Å². The van der Waals surface area contributed by atoms with Gasteiger partial charge >= 0.3 is 0 Å². The molecule has 0 bridgehead atoms. The number of nitrogens with zero attached hydrogens (tertiary/aromatic N) is 2. The molecule has 1 aromatic carbocycles. The van der Waals surface area contributed by atoms with Gasteiger partial charge in [0, 0.05) is 25.3 Å². The monoisotopic (exact) mass is 321 g/mol. The van der Waals surface area contributed by atoms with Crippen LogP contribution in [0.25, 0.3) is 0 Å². The molecule has 1 N–H and O–H groups in total. The number of ether oxygens (including phenoxy) is 1. The van der Waals surface area contributed by atoms with Gasteiger partial charge in [-0.15, -0.1) is 0 Å². The first kappa shape index (κ1) is 16.6. The maximum absolute atomic E-state index is 13.3. The van der Waals surface area contributed by atoms with Crippen LogP contribution >= 0.6 is 0 Å². The third-order valence-corrected chi connectivity index (χ3v) is 2.96. The SMILES string of the molecule is COCCN(CC(=O)Nc1ccon1)C(=O)c1cccc(F)c1. The van der Waals surface area contributed by atoms with Gasteiger partial charge in [-0.25, -0.2) is 4.39 Å². The normalized spacial score (nSPS) is 10.3. The Labute approximate surface area is 132 Å². The minimum absolute atomic E-state index is 0.162. The van der Waals surface area contributed by atoms with E-state index in [2.05, 4.69) is 15.0 Å². The lowest BCUT2D eigenvalue weighted by molar-refractivity contribution is -0.117. The molecule has 8 heteroatoms. The Morgan fingerprint density at radius 3 is 2.87 bits per heavy atom. The molecule has 2 amide bonds. The molecule has 0 atom stereocenters. The molecule has 0 spiro atoms. The fraction of sp³-hybridized carbons (Fsp3) is 0.267. The van der Waals surface area contributed by atoms with Crippen LogP contribution in [0.2, 0.25) is 0 Å². The summed E-state index contributed by atoms with van der Waals surface area (Å²) in [6, 6.07) is 6.77. The second-order valence-electron chi connectivity index (χ2n) is 4.66. The van der Waals surface area contributed by atoms with Crippen molar-refractivity contribution in [3.63, 3.8) is 0 Å². The van der Waals surface area contributed by atoms with Gasteiger partial charge in [0.2, 0.25) is 5.91 Å². The standard InChI is InChI=1S/C15H16FN3O4/c1-22-8-6-19(10-14(20)17-13-5-7-23-18-13)15(21)11-3-2-4-12(16)9-11/h2-5,7,9H,6,8,10H2,1H3,(H,17,18,20). The Morgan fingerprint density at radius 2 is 2.22 bits per heavy atom. The number of hydrogen-bond acceptors (Lipinski definition) is 5. The van der Waals surface area contributed by atoms with Gasteiger partial charge in [-0.3, -0.25) is 9.59 Å². The van der Waals surface area contributed by atoms with Crippen molar-refractivity contribution in [3.05, 3.63) is 48.0 Å². The van der Waals surface area contributed by atoms with Crippen molar-refractivity contribution >= 4 is 17.6 Å². The molecule has 0 fully saturated rings. The Kier molecular flexibility index (Phi) is 5.81. The van der Waals surface area contributed by atoms with E-state index in [4.69, 9.17) is 4.74 Å². The van der Waals surface area contributed by atoms with E-state index in [0.717, 1.165) is 6.07 Å². The van der Waals surface area contributed by atoms with Gasteiger partial charge in [0.15, 0.2) is 5.82 Å². The van der Waals surface area contributed by atoms with Crippen LogP contribution in [0, 0.1) is 5.82 Å². The molecule has 0 saturated carbocycles. The van der Waals surface area contributed by atoms with Crippen molar-refractivity contribution in [2.24, 2.45) is 0 Å². The lowest BCUT2D eigenvalue weighted by atomic mass is 10.2. The van der Waals surface area contributed by atoms with Crippen LogP contribution in [0.15, 0.2) is 41.1 Å². The number of carbonyl (C=O) groups is 2. The lowest BCUT2D eigenvalue weighted by Gasteiger charge is -2.21. The third kappa shape index (κ3) is 4.89. The van der Waals surface area contributed by atoms with Gasteiger partial charge in [-0.2, -0.15) is 0 Å². The molecule has 0 saturated heterocycles. The van der Waals surface area contributed by atoms with Crippen LogP contribution in [0.1, 0.15) is 10.4 Å². The molecule has 23 heavy (non-hydrogen) atoms. The molecule has 0 aliphatic heterocycles. The van der Waals surface area contributed by atoms with E-state index in [0.29, 0.717) is 0 Å². The predicted molar refractivity (Wildman–Crippen MR) is 79.3 cm³/mol. The molecule has 2 rings (SSSR count). The van der Waals surface area contributed by atoms with Crippen molar-refractivity contribution in [1.29, 1.82) is 0 Å². The molecular formula is C15H16FN3O4. The first-order valence-electron chi connectivity index (χ1n) is 6.84. The highest BCUT2D eigenvalue weighted by Gasteiger charge is 2.19. The average molecular weight is 321 g/mol. The number of benzene rings is 1. The van der Waals surface area contributed by atoms with Gasteiger partial charge in [0.1, 0.15) is 18.6 Å². The largest absolute Gasteiger partial charge is 0.383 e. The number of anilines is 1. The Balaban J connectivity index is 2.06. The van der Waals surface area contributed by atoms with Crippen molar-refractivity contribution < 1.29 is 23.2 Å². The topological polar surface area (TPSA) is 84.7 Å². The van der Waals surface area contributed by atoms with Gasteiger partial charge in [-0.05, 0) is 18.2 Å². The van der Waals surface area contributed by atoms with Crippen LogP contribution in [0.3, 0.4) is 0 Å². The summed E-state index contributed by atoms with van der Waals surface area (Å²) in [5.74, 6) is -1.17. The van der Waals surface area contributed by atoms with Crippen LogP contribution < -0.4 is 5.32 Å². The van der Waals surface area contributed by atoms with E-state index in [1.54, 1.807) is 0 Å². The second-order valence-corrected chi connectivity index (χ2v) is 4.66. The molecule has 7 nitrogen and oxygen atoms in total. The predicted octanol–water partition coefficient (Wildman–Crippen LogP) is 1.54. The smallest absolute Gasteiger partial charge is 0.254 e. The number of nitrogens with one attached hydrogen (secondary N) is 1. The Morgan fingerprint density at radius 1 is 1.39 bits per heavy atom. The van der Waals surface area contributed by atoms with Crippen LogP contribution in [-0.4, -0.2) is 48.7 Å². The van der Waals surface area contributed by atoms with Gasteiger partial charge in [0.05, 0.1) is 6.61 Å². The highest BCUT2D eigenvalue weighted by molar-refractivity contribution is 5.99. The summed E-state index contributed by atoms with van der Waals surface area (Å²) in [6.07, 6.45) is 1.32. The number of rotatable bonds is 7. The van der Waals surface area contributed by atoms with E-state index in [-0.39, 0.29) is 31.1 Å². The van der Waals surface area contributed by atoms with E-state index in [1.807, 2.05) is 0 Å². The fourth-order valence-electron chi connectivity index (χ4n) is 1.89. The zero-order chi connectivity index (χ0) is 16.7. The zero-order valence-electron chi connectivity index (χ0n) is 12.5. The number of methoxy groups -OCH3 is 1. The number of aromatic nitrogens is 1. The Bertz CT molecular complexity index is 661. The second kappa shape index (κ2) is 8.04. The fourth-order valence-corrected chi connectivity index (χ4v) is 1.89. The molecule has 0 unspecified atom stereocenters. The maximum atomic E-state index is 13.3. The van der Waals surface area contributed by atoms with Gasteiger partial charge < -0.3 is 19.5 Å². The van der Waals surface area contributed by atoms with Crippen LogP contribution in [0.4, 0.5) is 10.2 Å². The van der Waals surface area contributed by atoms with E-state index in [1.165, 1.54) is 42.5 Å². The zero-order valence-corrected chi connectivity index (χ0v) is 12.5. The number of hydrogen-bond donors (Lipinski definition) is 1. The van der Waals surface area contributed by atoms with Crippen LogP contribution in [-0.2, 0) is 9.53 Å². The first-order chi connectivity index (χ1) is 11.1. The summed E-state index contributed by atoms with van der Waals surface area (Å²) in [5.41, 5.74) is 0.162. The van der Waals surface area contributed by atoms with E-state index < -0.39 is 17.6 Å². The summed E-state index contributed by atoms with van der Waals surface area (Å²) < 4.78 is 22.8. The van der Waals surface area contributed by atoms with Crippen LogP contribution in [0.5, 0.6) is 0 Å². The summed E-state index contributed by atoms with van der Waals surface area (Å²) in [7, 11) is 1.49. The van der Waals surface area contributed by atoms with Crippen molar-refractivity contribution in [3.8, 4) is 0 Å². The highest BCUT2D eigenvalue weighted by Crippen LogP contribution is 2.08. The van der Waals surface area contributed by atoms with Crippen molar-refractivity contribution in [2.45, 2.75) is 0 Å². The van der Waals surface area contributed by atoms with Gasteiger partial charge in [-0.1, -0.05) is 11.2 Å². The lowest BCUT2D eigenvalue weighted by Crippen LogP contribution is -2.40. The first-order valence-corrected chi connectivity index (χ1v) is 6.84. The molecule has 0 aliphatic rings. The molecule has 2 aromatic rings. The summed E-state index contributed by atoms with van der Waals surface area (Å²) >= 11 is 0. The van der Waals surface area contributed by atoms with Crippen molar-refractivity contribution in [1.82, 2.24) is 10.1 Å². The van der Waals surface area contributed by atoms with Crippen molar-refractivity contribution in [2.75, 3.05) is 32.1 Å².